The van der Waals surface area contributed by atoms with E-state index in [4.69, 9.17) is 0 Å². The lowest BCUT2D eigenvalue weighted by Gasteiger charge is -2.23. The van der Waals surface area contributed by atoms with E-state index in [0.29, 0.717) is 12.0 Å². The van der Waals surface area contributed by atoms with Crippen molar-refractivity contribution < 1.29 is 0 Å². The predicted molar refractivity (Wildman–Crippen MR) is 65.1 cm³/mol. The fraction of sp³-hybridized carbons (Fsp3) is 0.615. The van der Waals surface area contributed by atoms with Crippen molar-refractivity contribution in [1.82, 2.24) is 10.3 Å². The summed E-state index contributed by atoms with van der Waals surface area (Å²) >= 11 is 0. The molecule has 0 saturated heterocycles. The predicted octanol–water partition coefficient (Wildman–Crippen LogP) is 2.88. The van der Waals surface area contributed by atoms with Gasteiger partial charge in [0.15, 0.2) is 0 Å². The SMILES string of the molecule is CCNC(CC)C(C)c1cccc(C)n1. The van der Waals surface area contributed by atoms with Crippen LogP contribution in [-0.4, -0.2) is 17.6 Å². The van der Waals surface area contributed by atoms with E-state index in [1.54, 1.807) is 0 Å². The zero-order chi connectivity index (χ0) is 11.3. The summed E-state index contributed by atoms with van der Waals surface area (Å²) in [4.78, 5) is 4.58. The highest BCUT2D eigenvalue weighted by Crippen LogP contribution is 2.19. The first kappa shape index (κ1) is 12.2. The molecule has 0 fully saturated rings. The normalized spacial score (nSPS) is 14.9. The summed E-state index contributed by atoms with van der Waals surface area (Å²) < 4.78 is 0. The van der Waals surface area contributed by atoms with Gasteiger partial charge in [0.2, 0.25) is 0 Å². The molecule has 0 spiro atoms. The van der Waals surface area contributed by atoms with Crippen LogP contribution >= 0.6 is 0 Å². The number of aromatic nitrogens is 1. The summed E-state index contributed by atoms with van der Waals surface area (Å²) in [6, 6.07) is 6.79. The molecule has 2 atom stereocenters. The highest BCUT2D eigenvalue weighted by atomic mass is 14.9. The van der Waals surface area contributed by atoms with Gasteiger partial charge < -0.3 is 5.32 Å². The summed E-state index contributed by atoms with van der Waals surface area (Å²) in [7, 11) is 0. The second-order valence-corrected chi connectivity index (χ2v) is 4.06. The summed E-state index contributed by atoms with van der Waals surface area (Å²) in [5.74, 6) is 0.481. The van der Waals surface area contributed by atoms with Crippen LogP contribution < -0.4 is 5.32 Å². The van der Waals surface area contributed by atoms with Crippen molar-refractivity contribution in [3.8, 4) is 0 Å². The minimum atomic E-state index is 0.481. The van der Waals surface area contributed by atoms with Crippen LogP contribution in [0.25, 0.3) is 0 Å². The van der Waals surface area contributed by atoms with E-state index in [2.05, 4.69) is 43.2 Å². The van der Waals surface area contributed by atoms with Gasteiger partial charge in [-0.05, 0) is 32.0 Å². The zero-order valence-corrected chi connectivity index (χ0v) is 10.2. The molecule has 2 nitrogen and oxygen atoms in total. The monoisotopic (exact) mass is 206 g/mol. The number of nitrogens with one attached hydrogen (secondary N) is 1. The molecule has 15 heavy (non-hydrogen) atoms. The van der Waals surface area contributed by atoms with E-state index in [-0.39, 0.29) is 0 Å². The van der Waals surface area contributed by atoms with Crippen molar-refractivity contribution in [2.24, 2.45) is 0 Å². The van der Waals surface area contributed by atoms with Gasteiger partial charge in [-0.25, -0.2) is 0 Å². The van der Waals surface area contributed by atoms with E-state index >= 15 is 0 Å². The molecule has 1 aromatic heterocycles. The van der Waals surface area contributed by atoms with E-state index in [1.807, 2.05) is 13.0 Å². The van der Waals surface area contributed by atoms with Crippen molar-refractivity contribution in [3.05, 3.63) is 29.6 Å². The van der Waals surface area contributed by atoms with Crippen LogP contribution in [0.4, 0.5) is 0 Å². The smallest absolute Gasteiger partial charge is 0.0450 e. The first-order valence-electron chi connectivity index (χ1n) is 5.86. The Balaban J connectivity index is 2.77. The fourth-order valence-corrected chi connectivity index (χ4v) is 1.96. The van der Waals surface area contributed by atoms with Gasteiger partial charge in [0.25, 0.3) is 0 Å². The minimum absolute atomic E-state index is 0.481. The molecule has 1 rings (SSSR count). The molecule has 1 N–H and O–H groups in total. The number of likely N-dealkylation sites (N-methyl/N-ethyl adjacent to an activating group) is 1. The second kappa shape index (κ2) is 5.86. The molecule has 0 aliphatic rings. The molecule has 1 heterocycles. The molecule has 1 aromatic rings. The Bertz CT molecular complexity index is 296. The minimum Gasteiger partial charge on any atom is -0.314 e. The third kappa shape index (κ3) is 3.31. The van der Waals surface area contributed by atoms with E-state index in [0.717, 1.165) is 18.7 Å². The summed E-state index contributed by atoms with van der Waals surface area (Å²) in [6.07, 6.45) is 1.14. The van der Waals surface area contributed by atoms with E-state index < -0.39 is 0 Å². The van der Waals surface area contributed by atoms with Gasteiger partial charge in [-0.1, -0.05) is 26.8 Å². The average Bonchev–Trinajstić information content (AvgIpc) is 2.25. The topological polar surface area (TPSA) is 24.9 Å². The van der Waals surface area contributed by atoms with Gasteiger partial charge in [-0.15, -0.1) is 0 Å². The van der Waals surface area contributed by atoms with E-state index in [9.17, 15) is 0 Å². The van der Waals surface area contributed by atoms with Crippen LogP contribution in [0.2, 0.25) is 0 Å². The summed E-state index contributed by atoms with van der Waals surface area (Å²) in [5, 5.41) is 3.51. The van der Waals surface area contributed by atoms with Crippen LogP contribution in [0.3, 0.4) is 0 Å². The fourth-order valence-electron chi connectivity index (χ4n) is 1.96. The molecule has 84 valence electrons. The van der Waals surface area contributed by atoms with Gasteiger partial charge >= 0.3 is 0 Å². The maximum absolute atomic E-state index is 4.58. The van der Waals surface area contributed by atoms with Crippen molar-refractivity contribution in [1.29, 1.82) is 0 Å². The standard InChI is InChI=1S/C13H22N2/c1-5-12(14-6-2)11(4)13-9-7-8-10(3)15-13/h7-9,11-12,14H,5-6H2,1-4H3. The van der Waals surface area contributed by atoms with Crippen LogP contribution in [0.15, 0.2) is 18.2 Å². The molecule has 2 unspecified atom stereocenters. The van der Waals surface area contributed by atoms with Crippen LogP contribution in [-0.2, 0) is 0 Å². The van der Waals surface area contributed by atoms with Crippen LogP contribution in [0, 0.1) is 6.92 Å². The Morgan fingerprint density at radius 3 is 2.60 bits per heavy atom. The molecule has 0 aliphatic heterocycles. The van der Waals surface area contributed by atoms with Crippen LogP contribution in [0.5, 0.6) is 0 Å². The van der Waals surface area contributed by atoms with E-state index in [1.165, 1.54) is 5.69 Å². The Hall–Kier alpha value is -0.890. The molecule has 0 aliphatic carbocycles. The highest BCUT2D eigenvalue weighted by molar-refractivity contribution is 5.15. The highest BCUT2D eigenvalue weighted by Gasteiger charge is 2.16. The van der Waals surface area contributed by atoms with Crippen molar-refractivity contribution in [2.75, 3.05) is 6.54 Å². The lowest BCUT2D eigenvalue weighted by atomic mass is 9.95. The lowest BCUT2D eigenvalue weighted by Crippen LogP contribution is -2.33. The average molecular weight is 206 g/mol. The second-order valence-electron chi connectivity index (χ2n) is 4.06. The molecule has 0 radical (unpaired) electrons. The maximum Gasteiger partial charge on any atom is 0.0450 e. The first-order valence-corrected chi connectivity index (χ1v) is 5.86. The molecule has 0 amide bonds. The van der Waals surface area contributed by atoms with Gasteiger partial charge in [0.05, 0.1) is 0 Å². The number of hydrogen-bond acceptors (Lipinski definition) is 2. The summed E-state index contributed by atoms with van der Waals surface area (Å²) in [6.45, 7) is 9.69. The quantitative estimate of drug-likeness (QED) is 0.801. The number of nitrogens with zero attached hydrogens (tertiary/aromatic N) is 1. The van der Waals surface area contributed by atoms with Crippen molar-refractivity contribution in [2.45, 2.75) is 46.1 Å². The molecule has 0 aromatic carbocycles. The van der Waals surface area contributed by atoms with Crippen molar-refractivity contribution in [3.63, 3.8) is 0 Å². The van der Waals surface area contributed by atoms with Gasteiger partial charge in [-0.3, -0.25) is 4.98 Å². The van der Waals surface area contributed by atoms with Gasteiger partial charge in [0.1, 0.15) is 0 Å². The lowest BCUT2D eigenvalue weighted by molar-refractivity contribution is 0.442. The molecule has 0 saturated carbocycles. The van der Waals surface area contributed by atoms with Gasteiger partial charge in [0, 0.05) is 23.3 Å². The first-order chi connectivity index (χ1) is 7.19. The largest absolute Gasteiger partial charge is 0.314 e. The van der Waals surface area contributed by atoms with Crippen molar-refractivity contribution >= 4 is 0 Å². The molecule has 0 bridgehead atoms. The Morgan fingerprint density at radius 1 is 1.33 bits per heavy atom. The number of pyridine rings is 1. The molecular formula is C13H22N2. The third-order valence-electron chi connectivity index (χ3n) is 2.89. The molecular weight excluding hydrogens is 184 g/mol. The molecule has 2 heteroatoms. The number of aryl methyl sites for hydroxylation is 1. The van der Waals surface area contributed by atoms with Crippen LogP contribution in [0.1, 0.15) is 44.5 Å². The number of hydrogen-bond donors (Lipinski definition) is 1. The van der Waals surface area contributed by atoms with Gasteiger partial charge in [-0.2, -0.15) is 0 Å². The number of rotatable bonds is 5. The zero-order valence-electron chi connectivity index (χ0n) is 10.2. The Labute approximate surface area is 93.1 Å². The maximum atomic E-state index is 4.58. The Kier molecular flexibility index (Phi) is 4.76. The summed E-state index contributed by atoms with van der Waals surface area (Å²) in [5.41, 5.74) is 2.30. The third-order valence-corrected chi connectivity index (χ3v) is 2.89. The Morgan fingerprint density at radius 2 is 2.07 bits per heavy atom.